The average molecular weight is 248 g/mol. The Labute approximate surface area is 92.5 Å². The topological polar surface area (TPSA) is 109 Å². The van der Waals surface area contributed by atoms with Crippen LogP contribution in [0.1, 0.15) is 12.8 Å². The largest absolute Gasteiger partial charge is 0.343 e. The first kappa shape index (κ1) is 12.6. The lowest BCUT2D eigenvalue weighted by Crippen LogP contribution is -2.53. The zero-order valence-electron chi connectivity index (χ0n) is 8.65. The van der Waals surface area contributed by atoms with E-state index in [0.29, 0.717) is 0 Å². The summed E-state index contributed by atoms with van der Waals surface area (Å²) in [6, 6.07) is -0.827. The van der Waals surface area contributed by atoms with Crippen LogP contribution in [0.3, 0.4) is 0 Å². The van der Waals surface area contributed by atoms with Gasteiger partial charge < -0.3 is 5.32 Å². The van der Waals surface area contributed by atoms with Crippen molar-refractivity contribution in [3.05, 3.63) is 0 Å². The molecule has 1 heterocycles. The minimum Gasteiger partial charge on any atom is -0.343 e. The fraction of sp³-hybridized carbons (Fsp3) is 0.625. The summed E-state index contributed by atoms with van der Waals surface area (Å²) in [5.41, 5.74) is 0. The molecule has 1 aliphatic rings. The van der Waals surface area contributed by atoms with E-state index in [1.165, 1.54) is 0 Å². The Hall–Kier alpha value is -1.44. The van der Waals surface area contributed by atoms with Crippen LogP contribution in [0.4, 0.5) is 0 Å². The van der Waals surface area contributed by atoms with Crippen LogP contribution in [-0.4, -0.2) is 44.2 Å². The van der Waals surface area contributed by atoms with Crippen LogP contribution >= 0.6 is 0 Å². The van der Waals surface area contributed by atoms with Gasteiger partial charge in [0.05, 0.1) is 0 Å². The minimum absolute atomic E-state index is 0.134. The Morgan fingerprint density at radius 2 is 2.12 bits per heavy atom. The molecule has 1 aliphatic heterocycles. The first-order valence-corrected chi connectivity index (χ1v) is 6.65. The van der Waals surface area contributed by atoms with Crippen molar-refractivity contribution in [1.29, 1.82) is 0 Å². The molecule has 3 amide bonds. The van der Waals surface area contributed by atoms with Gasteiger partial charge in [0.2, 0.25) is 17.7 Å². The van der Waals surface area contributed by atoms with Gasteiger partial charge in [-0.1, -0.05) is 0 Å². The van der Waals surface area contributed by atoms with E-state index in [0.717, 1.165) is 6.26 Å². The standard InChI is InChI=1S/C8H12N2O5S/c1-16(14,15)4-7(12)9-5-2-3-6(11)10-8(5)13/h5H,2-4H2,1H3,(H,9,12)(H,10,11,13). The number of piperidine rings is 1. The maximum atomic E-state index is 11.2. The van der Waals surface area contributed by atoms with E-state index in [1.54, 1.807) is 0 Å². The highest BCUT2D eigenvalue weighted by Gasteiger charge is 2.28. The summed E-state index contributed by atoms with van der Waals surface area (Å²) < 4.78 is 21.6. The lowest BCUT2D eigenvalue weighted by Gasteiger charge is -2.21. The molecule has 0 bridgehead atoms. The molecule has 0 saturated carbocycles. The molecule has 0 spiro atoms. The van der Waals surface area contributed by atoms with E-state index in [1.807, 2.05) is 0 Å². The molecular weight excluding hydrogens is 236 g/mol. The lowest BCUT2D eigenvalue weighted by atomic mass is 10.1. The van der Waals surface area contributed by atoms with E-state index in [2.05, 4.69) is 10.6 Å². The summed E-state index contributed by atoms with van der Waals surface area (Å²) in [5, 5.41) is 4.32. The van der Waals surface area contributed by atoms with Crippen LogP contribution in [0, 0.1) is 0 Å². The zero-order valence-corrected chi connectivity index (χ0v) is 9.46. The van der Waals surface area contributed by atoms with Crippen LogP contribution in [-0.2, 0) is 24.2 Å². The minimum atomic E-state index is -3.41. The first-order valence-electron chi connectivity index (χ1n) is 4.59. The number of rotatable bonds is 3. The Kier molecular flexibility index (Phi) is 3.63. The number of amides is 3. The third-order valence-electron chi connectivity index (χ3n) is 1.97. The van der Waals surface area contributed by atoms with Crippen molar-refractivity contribution in [2.24, 2.45) is 0 Å². The molecule has 1 saturated heterocycles. The van der Waals surface area contributed by atoms with Gasteiger partial charge >= 0.3 is 0 Å². The third-order valence-corrected chi connectivity index (χ3v) is 2.75. The van der Waals surface area contributed by atoms with E-state index in [4.69, 9.17) is 0 Å². The molecule has 1 atom stereocenters. The molecule has 90 valence electrons. The summed E-state index contributed by atoms with van der Waals surface area (Å²) in [4.78, 5) is 33.2. The summed E-state index contributed by atoms with van der Waals surface area (Å²) in [5.74, 6) is -2.39. The van der Waals surface area contributed by atoms with Gasteiger partial charge in [0.15, 0.2) is 9.84 Å². The summed E-state index contributed by atoms with van der Waals surface area (Å²) in [6.45, 7) is 0. The number of carbonyl (C=O) groups is 3. The summed E-state index contributed by atoms with van der Waals surface area (Å²) in [7, 11) is -3.41. The molecule has 16 heavy (non-hydrogen) atoms. The lowest BCUT2D eigenvalue weighted by molar-refractivity contribution is -0.136. The highest BCUT2D eigenvalue weighted by Crippen LogP contribution is 2.04. The third kappa shape index (κ3) is 3.97. The van der Waals surface area contributed by atoms with E-state index in [9.17, 15) is 22.8 Å². The number of imide groups is 1. The molecule has 1 unspecified atom stereocenters. The molecule has 2 N–H and O–H groups in total. The number of hydrogen-bond acceptors (Lipinski definition) is 5. The van der Waals surface area contributed by atoms with Gasteiger partial charge in [0.25, 0.3) is 0 Å². The van der Waals surface area contributed by atoms with Crippen molar-refractivity contribution in [2.45, 2.75) is 18.9 Å². The second-order valence-corrected chi connectivity index (χ2v) is 5.78. The SMILES string of the molecule is CS(=O)(=O)CC(=O)NC1CCC(=O)NC1=O. The second kappa shape index (κ2) is 4.60. The molecular formula is C8H12N2O5S. The Balaban J connectivity index is 2.52. The van der Waals surface area contributed by atoms with Crippen molar-refractivity contribution in [3.8, 4) is 0 Å². The second-order valence-electron chi connectivity index (χ2n) is 3.64. The molecule has 0 radical (unpaired) electrons. The van der Waals surface area contributed by atoms with E-state index < -0.39 is 39.4 Å². The molecule has 0 aromatic heterocycles. The van der Waals surface area contributed by atoms with Crippen molar-refractivity contribution < 1.29 is 22.8 Å². The summed E-state index contributed by atoms with van der Waals surface area (Å²) >= 11 is 0. The zero-order chi connectivity index (χ0) is 12.3. The summed E-state index contributed by atoms with van der Waals surface area (Å²) in [6.07, 6.45) is 1.26. The molecule has 0 aromatic carbocycles. The van der Waals surface area contributed by atoms with E-state index in [-0.39, 0.29) is 12.8 Å². The highest BCUT2D eigenvalue weighted by molar-refractivity contribution is 7.91. The maximum Gasteiger partial charge on any atom is 0.249 e. The average Bonchev–Trinajstić information content (AvgIpc) is 2.06. The van der Waals surface area contributed by atoms with Crippen molar-refractivity contribution in [1.82, 2.24) is 10.6 Å². The van der Waals surface area contributed by atoms with Crippen molar-refractivity contribution >= 4 is 27.6 Å². The van der Waals surface area contributed by atoms with Crippen LogP contribution in [0.25, 0.3) is 0 Å². The quantitative estimate of drug-likeness (QED) is 0.559. The van der Waals surface area contributed by atoms with Gasteiger partial charge in [-0.3, -0.25) is 19.7 Å². The number of hydrogen-bond donors (Lipinski definition) is 2. The van der Waals surface area contributed by atoms with Crippen LogP contribution in [0.5, 0.6) is 0 Å². The van der Waals surface area contributed by atoms with E-state index >= 15 is 0 Å². The highest BCUT2D eigenvalue weighted by atomic mass is 32.2. The normalized spacial score (nSPS) is 21.4. The molecule has 1 fully saturated rings. The maximum absolute atomic E-state index is 11.2. The van der Waals surface area contributed by atoms with Crippen molar-refractivity contribution in [3.63, 3.8) is 0 Å². The van der Waals surface area contributed by atoms with Gasteiger partial charge in [-0.25, -0.2) is 8.42 Å². The number of nitrogens with one attached hydrogen (secondary N) is 2. The van der Waals surface area contributed by atoms with Crippen LogP contribution in [0.2, 0.25) is 0 Å². The van der Waals surface area contributed by atoms with Gasteiger partial charge in [-0.2, -0.15) is 0 Å². The molecule has 7 nitrogen and oxygen atoms in total. The monoisotopic (exact) mass is 248 g/mol. The molecule has 8 heteroatoms. The molecule has 0 aromatic rings. The van der Waals surface area contributed by atoms with Gasteiger partial charge in [-0.15, -0.1) is 0 Å². The van der Waals surface area contributed by atoms with Crippen molar-refractivity contribution in [2.75, 3.05) is 12.0 Å². The predicted octanol–water partition coefficient (Wildman–Crippen LogP) is -2.05. The fourth-order valence-corrected chi connectivity index (χ4v) is 1.86. The Morgan fingerprint density at radius 3 is 2.62 bits per heavy atom. The molecule has 0 aliphatic carbocycles. The van der Waals surface area contributed by atoms with Gasteiger partial charge in [-0.05, 0) is 6.42 Å². The predicted molar refractivity (Wildman–Crippen MR) is 54.0 cm³/mol. The van der Waals surface area contributed by atoms with Crippen LogP contribution in [0.15, 0.2) is 0 Å². The smallest absolute Gasteiger partial charge is 0.249 e. The first-order chi connectivity index (χ1) is 7.28. The Bertz CT molecular complexity index is 428. The van der Waals surface area contributed by atoms with Gasteiger partial charge in [0.1, 0.15) is 11.8 Å². The van der Waals surface area contributed by atoms with Crippen LogP contribution < -0.4 is 10.6 Å². The number of carbonyl (C=O) groups excluding carboxylic acids is 3. The number of sulfone groups is 1. The van der Waals surface area contributed by atoms with Gasteiger partial charge in [0, 0.05) is 12.7 Å². The Morgan fingerprint density at radius 1 is 1.50 bits per heavy atom. The fourth-order valence-electron chi connectivity index (χ4n) is 1.31. The molecule has 1 rings (SSSR count).